The zero-order valence-corrected chi connectivity index (χ0v) is 10.4. The van der Waals surface area contributed by atoms with E-state index < -0.39 is 0 Å². The molecule has 1 amide bonds. The third-order valence-corrected chi connectivity index (χ3v) is 2.68. The number of carbonyl (C=O) groups excluding carboxylic acids is 1. The maximum absolute atomic E-state index is 11.9. The first-order chi connectivity index (χ1) is 7.41. The van der Waals surface area contributed by atoms with Crippen LogP contribution in [0.4, 0.5) is 0 Å². The Bertz CT molecular complexity index is 370. The summed E-state index contributed by atoms with van der Waals surface area (Å²) in [5.74, 6) is -0.0489. The summed E-state index contributed by atoms with van der Waals surface area (Å²) in [6, 6.07) is 0. The number of allylic oxidation sites excluding steroid dienone is 4. The summed E-state index contributed by atoms with van der Waals surface area (Å²) < 4.78 is 0. The highest BCUT2D eigenvalue weighted by Gasteiger charge is 2.40. The van der Waals surface area contributed by atoms with Gasteiger partial charge in [-0.15, -0.1) is 0 Å². The van der Waals surface area contributed by atoms with Gasteiger partial charge in [0, 0.05) is 5.70 Å². The van der Waals surface area contributed by atoms with E-state index in [9.17, 15) is 4.79 Å². The van der Waals surface area contributed by atoms with Crippen molar-refractivity contribution >= 4 is 5.91 Å². The normalized spacial score (nSPS) is 27.0. The summed E-state index contributed by atoms with van der Waals surface area (Å²) in [6.07, 6.45) is 7.06. The molecule has 0 saturated carbocycles. The fourth-order valence-corrected chi connectivity index (χ4v) is 2.02. The van der Waals surface area contributed by atoms with E-state index in [1.807, 2.05) is 19.1 Å². The van der Waals surface area contributed by atoms with Gasteiger partial charge < -0.3 is 11.1 Å². The molecule has 1 aliphatic rings. The third-order valence-electron chi connectivity index (χ3n) is 2.68. The molecule has 0 spiro atoms. The highest BCUT2D eigenvalue weighted by Crippen LogP contribution is 2.39. The van der Waals surface area contributed by atoms with E-state index >= 15 is 0 Å². The second-order valence-corrected chi connectivity index (χ2v) is 5.00. The van der Waals surface area contributed by atoms with Crippen molar-refractivity contribution in [2.24, 2.45) is 17.1 Å². The highest BCUT2D eigenvalue weighted by molar-refractivity contribution is 5.90. The van der Waals surface area contributed by atoms with Crippen molar-refractivity contribution < 1.29 is 4.79 Å². The van der Waals surface area contributed by atoms with Crippen molar-refractivity contribution in [2.45, 2.75) is 27.7 Å². The zero-order chi connectivity index (χ0) is 12.3. The maximum atomic E-state index is 11.9. The Morgan fingerprint density at radius 1 is 1.38 bits per heavy atom. The molecular weight excluding hydrogens is 200 g/mol. The maximum Gasteiger partial charge on any atom is 0.232 e. The molecule has 1 heterocycles. The number of hydrogen-bond donors (Lipinski definition) is 2. The average Bonchev–Trinajstić information content (AvgIpc) is 2.50. The number of hydrogen-bond acceptors (Lipinski definition) is 2. The van der Waals surface area contributed by atoms with Crippen molar-refractivity contribution in [3.63, 3.8) is 0 Å². The Morgan fingerprint density at radius 2 is 2.00 bits per heavy atom. The van der Waals surface area contributed by atoms with Gasteiger partial charge in [0.25, 0.3) is 0 Å². The molecule has 0 aliphatic carbocycles. The highest BCUT2D eigenvalue weighted by atomic mass is 16.2. The third kappa shape index (κ3) is 2.35. The summed E-state index contributed by atoms with van der Waals surface area (Å²) >= 11 is 0. The molecule has 3 heteroatoms. The van der Waals surface area contributed by atoms with Crippen LogP contribution in [0.3, 0.4) is 0 Å². The summed E-state index contributed by atoms with van der Waals surface area (Å²) in [6.45, 7) is 8.11. The number of amides is 1. The summed E-state index contributed by atoms with van der Waals surface area (Å²) in [7, 11) is 0. The summed E-state index contributed by atoms with van der Waals surface area (Å²) in [5, 5.41) is 2.90. The van der Waals surface area contributed by atoms with Crippen molar-refractivity contribution in [3.05, 3.63) is 35.7 Å². The molecule has 0 aromatic heterocycles. The molecule has 1 fully saturated rings. The molecule has 16 heavy (non-hydrogen) atoms. The lowest BCUT2D eigenvalue weighted by Gasteiger charge is -2.25. The van der Waals surface area contributed by atoms with Gasteiger partial charge in [0.05, 0.1) is 5.92 Å². The van der Waals surface area contributed by atoms with Gasteiger partial charge in [0.15, 0.2) is 0 Å². The lowest BCUT2D eigenvalue weighted by atomic mass is 9.76. The van der Waals surface area contributed by atoms with Gasteiger partial charge in [0.2, 0.25) is 5.91 Å². The molecule has 3 N–H and O–H groups in total. The minimum absolute atomic E-state index is 0.0669. The molecule has 1 unspecified atom stereocenters. The van der Waals surface area contributed by atoms with E-state index in [0.717, 1.165) is 11.3 Å². The number of rotatable bonds is 1. The molecule has 1 aliphatic heterocycles. The topological polar surface area (TPSA) is 55.1 Å². The summed E-state index contributed by atoms with van der Waals surface area (Å²) in [5.41, 5.74) is 7.15. The van der Waals surface area contributed by atoms with E-state index in [0.29, 0.717) is 0 Å². The van der Waals surface area contributed by atoms with Gasteiger partial charge in [-0.25, -0.2) is 0 Å². The van der Waals surface area contributed by atoms with Gasteiger partial charge in [-0.1, -0.05) is 32.9 Å². The standard InChI is InChI=1S/C13H20N2O/c1-5-10-9(7-6-8-14)11(12(16)15-10)13(2,3)4/h5-8,11H,14H2,1-4H3,(H,15,16)/b8-6-,9-7+,10-5+. The van der Waals surface area contributed by atoms with E-state index in [2.05, 4.69) is 26.1 Å². The second-order valence-electron chi connectivity index (χ2n) is 5.00. The Labute approximate surface area is 97.1 Å². The molecule has 1 saturated heterocycles. The first-order valence-corrected chi connectivity index (χ1v) is 5.47. The smallest absolute Gasteiger partial charge is 0.232 e. The van der Waals surface area contributed by atoms with Gasteiger partial charge >= 0.3 is 0 Å². The quantitative estimate of drug-likeness (QED) is 0.711. The van der Waals surface area contributed by atoms with Crippen molar-refractivity contribution in [1.82, 2.24) is 5.32 Å². The predicted molar refractivity (Wildman–Crippen MR) is 66.3 cm³/mol. The monoisotopic (exact) mass is 220 g/mol. The fraction of sp³-hybridized carbons (Fsp3) is 0.462. The Hall–Kier alpha value is -1.51. The van der Waals surface area contributed by atoms with E-state index in [4.69, 9.17) is 5.73 Å². The van der Waals surface area contributed by atoms with Gasteiger partial charge in [-0.3, -0.25) is 4.79 Å². The average molecular weight is 220 g/mol. The van der Waals surface area contributed by atoms with Crippen molar-refractivity contribution in [3.8, 4) is 0 Å². The summed E-state index contributed by atoms with van der Waals surface area (Å²) in [4.78, 5) is 11.9. The molecular formula is C13H20N2O. The molecule has 1 rings (SSSR count). The minimum atomic E-state index is -0.116. The van der Waals surface area contributed by atoms with Crippen LogP contribution >= 0.6 is 0 Å². The number of nitrogens with one attached hydrogen (secondary N) is 1. The number of carbonyl (C=O) groups is 1. The largest absolute Gasteiger partial charge is 0.405 e. The fourth-order valence-electron chi connectivity index (χ4n) is 2.02. The predicted octanol–water partition coefficient (Wildman–Crippen LogP) is 2.08. The van der Waals surface area contributed by atoms with Gasteiger partial charge in [-0.2, -0.15) is 0 Å². The van der Waals surface area contributed by atoms with Gasteiger partial charge in [-0.05, 0) is 30.2 Å². The van der Waals surface area contributed by atoms with Crippen LogP contribution in [-0.2, 0) is 4.79 Å². The molecule has 0 aromatic rings. The van der Waals surface area contributed by atoms with Crippen LogP contribution in [0.15, 0.2) is 35.7 Å². The minimum Gasteiger partial charge on any atom is -0.405 e. The Balaban J connectivity index is 3.20. The lowest BCUT2D eigenvalue weighted by Crippen LogP contribution is -2.29. The first kappa shape index (κ1) is 12.6. The van der Waals surface area contributed by atoms with Crippen LogP contribution in [0.5, 0.6) is 0 Å². The van der Waals surface area contributed by atoms with Crippen LogP contribution in [0.1, 0.15) is 27.7 Å². The van der Waals surface area contributed by atoms with Crippen LogP contribution in [-0.4, -0.2) is 5.91 Å². The van der Waals surface area contributed by atoms with Crippen LogP contribution in [0, 0.1) is 11.3 Å². The van der Waals surface area contributed by atoms with Crippen LogP contribution < -0.4 is 11.1 Å². The van der Waals surface area contributed by atoms with Crippen molar-refractivity contribution in [2.75, 3.05) is 0 Å². The van der Waals surface area contributed by atoms with Crippen LogP contribution in [0.25, 0.3) is 0 Å². The van der Waals surface area contributed by atoms with Crippen LogP contribution in [0.2, 0.25) is 0 Å². The lowest BCUT2D eigenvalue weighted by molar-refractivity contribution is -0.124. The zero-order valence-electron chi connectivity index (χ0n) is 10.4. The van der Waals surface area contributed by atoms with Gasteiger partial charge in [0.1, 0.15) is 0 Å². The SMILES string of the molecule is C/C=C1/NC(=O)C(C(C)(C)C)/C1=C/C=C\N. The first-order valence-electron chi connectivity index (χ1n) is 5.47. The molecule has 0 bridgehead atoms. The molecule has 0 aromatic carbocycles. The molecule has 1 atom stereocenters. The Morgan fingerprint density at radius 3 is 2.44 bits per heavy atom. The van der Waals surface area contributed by atoms with E-state index in [-0.39, 0.29) is 17.2 Å². The van der Waals surface area contributed by atoms with E-state index in [1.54, 1.807) is 6.08 Å². The molecule has 0 radical (unpaired) electrons. The van der Waals surface area contributed by atoms with E-state index in [1.165, 1.54) is 6.20 Å². The number of nitrogens with two attached hydrogens (primary N) is 1. The van der Waals surface area contributed by atoms with Crippen molar-refractivity contribution in [1.29, 1.82) is 0 Å². The Kier molecular flexibility index (Phi) is 3.58. The molecule has 3 nitrogen and oxygen atoms in total. The second kappa shape index (κ2) is 4.56. The molecule has 88 valence electrons.